The van der Waals surface area contributed by atoms with Gasteiger partial charge in [0.15, 0.2) is 0 Å². The van der Waals surface area contributed by atoms with Crippen molar-refractivity contribution in [2.75, 3.05) is 18.5 Å². The average Bonchev–Trinajstić information content (AvgIpc) is 2.59. The van der Waals surface area contributed by atoms with Gasteiger partial charge in [0.25, 0.3) is 0 Å². The number of pyridine rings is 1. The Morgan fingerprint density at radius 3 is 2.44 bits per heavy atom. The van der Waals surface area contributed by atoms with Crippen LogP contribution in [-0.2, 0) is 6.42 Å². The molecule has 0 aliphatic carbocycles. The molecule has 0 fully saturated rings. The number of aromatic nitrogens is 1. The van der Waals surface area contributed by atoms with E-state index in [0.29, 0.717) is 11.8 Å². The second-order valence-corrected chi connectivity index (χ2v) is 5.42. The van der Waals surface area contributed by atoms with Crippen LogP contribution in [0, 0.1) is 0 Å². The second kappa shape index (κ2) is 4.08. The van der Waals surface area contributed by atoms with Gasteiger partial charge < -0.3 is 4.90 Å². The highest BCUT2D eigenvalue weighted by molar-refractivity contribution is 5.56. The monoisotopic (exact) mass is 218 g/mol. The van der Waals surface area contributed by atoms with Crippen LogP contribution >= 0.6 is 0 Å². The summed E-state index contributed by atoms with van der Waals surface area (Å²) in [6.45, 7) is 10.1. The number of likely N-dealkylation sites (N-methyl/N-ethyl adjacent to an activating group) is 1. The van der Waals surface area contributed by atoms with Crippen molar-refractivity contribution < 1.29 is 0 Å². The van der Waals surface area contributed by atoms with Crippen molar-refractivity contribution in [2.45, 2.75) is 46.0 Å². The molecule has 0 unspecified atom stereocenters. The molecule has 0 radical (unpaired) electrons. The van der Waals surface area contributed by atoms with Gasteiger partial charge >= 0.3 is 0 Å². The van der Waals surface area contributed by atoms with Gasteiger partial charge in [0.1, 0.15) is 5.82 Å². The number of hydrogen-bond donors (Lipinski definition) is 0. The predicted octanol–water partition coefficient (Wildman–Crippen LogP) is 3.32. The summed E-state index contributed by atoms with van der Waals surface area (Å²) in [7, 11) is 2.15. The van der Waals surface area contributed by atoms with Crippen LogP contribution in [0.3, 0.4) is 0 Å². The Hall–Kier alpha value is -1.05. The molecule has 88 valence electrons. The summed E-state index contributed by atoms with van der Waals surface area (Å²) in [5, 5.41) is 0. The fourth-order valence-corrected chi connectivity index (χ4v) is 2.37. The van der Waals surface area contributed by atoms with Gasteiger partial charge in [0.2, 0.25) is 0 Å². The Morgan fingerprint density at radius 2 is 1.88 bits per heavy atom. The standard InChI is InChI=1S/C14H22N2/c1-9(2)12-8-13(10(3)4)15-14-11(12)6-7-16(14)5/h8-10H,6-7H2,1-5H3. The molecule has 0 amide bonds. The molecular formula is C14H22N2. The summed E-state index contributed by atoms with van der Waals surface area (Å²) in [6.07, 6.45) is 1.16. The zero-order chi connectivity index (χ0) is 11.9. The molecule has 1 aromatic heterocycles. The van der Waals surface area contributed by atoms with Gasteiger partial charge in [0.05, 0.1) is 0 Å². The molecule has 0 aromatic carbocycles. The van der Waals surface area contributed by atoms with Gasteiger partial charge in [-0.3, -0.25) is 0 Å². The third kappa shape index (κ3) is 1.81. The maximum Gasteiger partial charge on any atom is 0.132 e. The van der Waals surface area contributed by atoms with Gasteiger partial charge in [-0.15, -0.1) is 0 Å². The average molecular weight is 218 g/mol. The molecule has 1 aliphatic rings. The van der Waals surface area contributed by atoms with Crippen LogP contribution in [0.1, 0.15) is 56.4 Å². The van der Waals surface area contributed by atoms with Crippen molar-refractivity contribution >= 4 is 5.82 Å². The maximum absolute atomic E-state index is 4.80. The lowest BCUT2D eigenvalue weighted by Gasteiger charge is -2.17. The lowest BCUT2D eigenvalue weighted by Crippen LogP contribution is -2.14. The first-order valence-corrected chi connectivity index (χ1v) is 6.25. The number of nitrogens with zero attached hydrogens (tertiary/aromatic N) is 2. The largest absolute Gasteiger partial charge is 0.359 e. The van der Waals surface area contributed by atoms with E-state index in [-0.39, 0.29) is 0 Å². The molecule has 1 aliphatic heterocycles. The molecule has 2 heteroatoms. The Bertz CT molecular complexity index is 394. The van der Waals surface area contributed by atoms with Crippen molar-refractivity contribution in [3.8, 4) is 0 Å². The molecule has 0 N–H and O–H groups in total. The minimum atomic E-state index is 0.511. The highest BCUT2D eigenvalue weighted by atomic mass is 15.2. The summed E-state index contributed by atoms with van der Waals surface area (Å²) < 4.78 is 0. The molecule has 16 heavy (non-hydrogen) atoms. The van der Waals surface area contributed by atoms with E-state index in [2.05, 4.69) is 45.7 Å². The molecular weight excluding hydrogens is 196 g/mol. The predicted molar refractivity (Wildman–Crippen MR) is 69.4 cm³/mol. The third-order valence-electron chi connectivity index (χ3n) is 3.43. The van der Waals surface area contributed by atoms with E-state index in [0.717, 1.165) is 13.0 Å². The summed E-state index contributed by atoms with van der Waals surface area (Å²) in [4.78, 5) is 7.09. The molecule has 2 rings (SSSR count). The molecule has 0 atom stereocenters. The molecule has 0 bridgehead atoms. The van der Waals surface area contributed by atoms with Crippen LogP contribution in [0.5, 0.6) is 0 Å². The van der Waals surface area contributed by atoms with E-state index in [9.17, 15) is 0 Å². The summed E-state index contributed by atoms with van der Waals surface area (Å²) in [5.41, 5.74) is 4.20. The molecule has 0 saturated carbocycles. The van der Waals surface area contributed by atoms with Gasteiger partial charge in [-0.1, -0.05) is 27.7 Å². The van der Waals surface area contributed by atoms with Crippen LogP contribution in [0.15, 0.2) is 6.07 Å². The number of hydrogen-bond acceptors (Lipinski definition) is 2. The molecule has 1 aromatic rings. The van der Waals surface area contributed by atoms with Crippen LogP contribution in [0.2, 0.25) is 0 Å². The third-order valence-corrected chi connectivity index (χ3v) is 3.43. The van der Waals surface area contributed by atoms with E-state index in [1.165, 1.54) is 22.6 Å². The van der Waals surface area contributed by atoms with Crippen LogP contribution in [-0.4, -0.2) is 18.6 Å². The van der Waals surface area contributed by atoms with Crippen molar-refractivity contribution in [1.82, 2.24) is 4.98 Å². The topological polar surface area (TPSA) is 16.1 Å². The highest BCUT2D eigenvalue weighted by Gasteiger charge is 2.23. The maximum atomic E-state index is 4.80. The van der Waals surface area contributed by atoms with Crippen molar-refractivity contribution in [3.05, 3.63) is 22.9 Å². The Balaban J connectivity index is 2.57. The number of rotatable bonds is 2. The zero-order valence-corrected chi connectivity index (χ0v) is 11.0. The molecule has 0 saturated heterocycles. The summed E-state index contributed by atoms with van der Waals surface area (Å²) >= 11 is 0. The van der Waals surface area contributed by atoms with Gasteiger partial charge in [-0.2, -0.15) is 0 Å². The Labute approximate surface area is 98.7 Å². The smallest absolute Gasteiger partial charge is 0.132 e. The highest BCUT2D eigenvalue weighted by Crippen LogP contribution is 2.33. The minimum absolute atomic E-state index is 0.511. The fourth-order valence-electron chi connectivity index (χ4n) is 2.37. The lowest BCUT2D eigenvalue weighted by molar-refractivity contribution is 0.794. The van der Waals surface area contributed by atoms with E-state index >= 15 is 0 Å². The molecule has 0 spiro atoms. The van der Waals surface area contributed by atoms with E-state index in [4.69, 9.17) is 4.98 Å². The van der Waals surface area contributed by atoms with E-state index < -0.39 is 0 Å². The SMILES string of the molecule is CC(C)c1cc(C(C)C)c2c(n1)N(C)CC2. The van der Waals surface area contributed by atoms with E-state index in [1.54, 1.807) is 0 Å². The van der Waals surface area contributed by atoms with Gasteiger partial charge in [0, 0.05) is 19.3 Å². The van der Waals surface area contributed by atoms with Crippen LogP contribution in [0.4, 0.5) is 5.82 Å². The van der Waals surface area contributed by atoms with Crippen LogP contribution < -0.4 is 4.90 Å². The summed E-state index contributed by atoms with van der Waals surface area (Å²) in [6, 6.07) is 2.31. The Morgan fingerprint density at radius 1 is 1.19 bits per heavy atom. The van der Waals surface area contributed by atoms with E-state index in [1.807, 2.05) is 0 Å². The van der Waals surface area contributed by atoms with Gasteiger partial charge in [-0.05, 0) is 35.4 Å². The Kier molecular flexibility index (Phi) is 2.92. The fraction of sp³-hybridized carbons (Fsp3) is 0.643. The normalized spacial score (nSPS) is 15.1. The first-order chi connectivity index (χ1) is 7.50. The molecule has 2 heterocycles. The first kappa shape index (κ1) is 11.4. The van der Waals surface area contributed by atoms with Crippen molar-refractivity contribution in [2.24, 2.45) is 0 Å². The molecule has 2 nitrogen and oxygen atoms in total. The zero-order valence-electron chi connectivity index (χ0n) is 11.0. The lowest BCUT2D eigenvalue weighted by atomic mass is 9.94. The van der Waals surface area contributed by atoms with Crippen molar-refractivity contribution in [1.29, 1.82) is 0 Å². The van der Waals surface area contributed by atoms with Crippen molar-refractivity contribution in [3.63, 3.8) is 0 Å². The first-order valence-electron chi connectivity index (χ1n) is 6.25. The quantitative estimate of drug-likeness (QED) is 0.757. The minimum Gasteiger partial charge on any atom is -0.359 e. The van der Waals surface area contributed by atoms with Crippen LogP contribution in [0.25, 0.3) is 0 Å². The van der Waals surface area contributed by atoms with Gasteiger partial charge in [-0.25, -0.2) is 4.98 Å². The number of anilines is 1. The number of fused-ring (bicyclic) bond motifs is 1. The summed E-state index contributed by atoms with van der Waals surface area (Å²) in [5.74, 6) is 2.33. The second-order valence-electron chi connectivity index (χ2n) is 5.42.